The van der Waals surface area contributed by atoms with E-state index < -0.39 is 38.5 Å². The van der Waals surface area contributed by atoms with Gasteiger partial charge in [0.05, 0.1) is 15.3 Å². The van der Waals surface area contributed by atoms with Crippen molar-refractivity contribution in [2.75, 3.05) is 13.1 Å². The SMILES string of the molecule is O=C1/C(=C/c2cccc([N+](=O)[O-])c2)CN2C[C@@]13[C@@H](c1cccc([N+](=O)[O-])c1)[C@H](c1ccccc1)N[C@@]31c3cccc4cccc(c34)[C@@]21O. The highest BCUT2D eigenvalue weighted by Crippen LogP contribution is 2.76. The Hall–Kier alpha value is -5.55. The van der Waals surface area contributed by atoms with Crippen LogP contribution in [0.5, 0.6) is 0 Å². The zero-order valence-electron chi connectivity index (χ0n) is 25.4. The van der Waals surface area contributed by atoms with Crippen LogP contribution in [0, 0.1) is 25.6 Å². The molecule has 3 saturated heterocycles. The number of Topliss-reactive ketones (excluding diaryl/α,β-unsaturated/α-hetero) is 1. The van der Waals surface area contributed by atoms with E-state index >= 15 is 4.79 Å². The van der Waals surface area contributed by atoms with Crippen molar-refractivity contribution in [2.45, 2.75) is 23.2 Å². The minimum atomic E-state index is -1.67. The minimum Gasteiger partial charge on any atom is -0.369 e. The normalized spacial score (nSPS) is 30.4. The van der Waals surface area contributed by atoms with Gasteiger partial charge in [0.1, 0.15) is 5.54 Å². The summed E-state index contributed by atoms with van der Waals surface area (Å²) in [7, 11) is 0. The molecule has 2 N–H and O–H groups in total. The number of rotatable bonds is 5. The van der Waals surface area contributed by atoms with E-state index in [2.05, 4.69) is 5.32 Å². The summed E-state index contributed by atoms with van der Waals surface area (Å²) in [4.78, 5) is 40.4. The summed E-state index contributed by atoms with van der Waals surface area (Å²) in [5.74, 6) is -0.851. The van der Waals surface area contributed by atoms with E-state index in [9.17, 15) is 25.3 Å². The molecule has 0 radical (unpaired) electrons. The van der Waals surface area contributed by atoms with Crippen molar-refractivity contribution in [3.05, 3.63) is 169 Å². The van der Waals surface area contributed by atoms with Gasteiger partial charge in [-0.3, -0.25) is 35.2 Å². The van der Waals surface area contributed by atoms with Crippen LogP contribution in [0.25, 0.3) is 16.8 Å². The summed E-state index contributed by atoms with van der Waals surface area (Å²) < 4.78 is 0. The fourth-order valence-corrected chi connectivity index (χ4v) is 9.47. The lowest BCUT2D eigenvalue weighted by Gasteiger charge is -2.44. The Bertz CT molecular complexity index is 2270. The third-order valence-electron chi connectivity index (χ3n) is 11.1. The van der Waals surface area contributed by atoms with E-state index in [0.717, 1.165) is 21.9 Å². The standard InChI is InChI=1S/C38H28N4O6/c43-35-27(18-23-8-4-14-28(19-23)41(45)46)21-40-22-36(35)33(26-13-5-15-29(20-26)42(47)48)34(25-9-2-1-3-10-25)39-37(36)30-16-6-11-24-12-7-17-31(32(24)30)38(37,40)44/h1-20,33-34,39,44H,21-22H2/b27-18+/t33-,34-,36+,37-,38-/m0/s1. The van der Waals surface area contributed by atoms with Crippen LogP contribution in [0.3, 0.4) is 0 Å². The molecule has 2 bridgehead atoms. The Morgan fingerprint density at radius 2 is 1.44 bits per heavy atom. The van der Waals surface area contributed by atoms with Crippen LogP contribution in [0.4, 0.5) is 11.4 Å². The number of ketones is 1. The number of nitrogens with zero attached hydrogens (tertiary/aromatic N) is 3. The smallest absolute Gasteiger partial charge is 0.270 e. The molecular weight excluding hydrogens is 608 g/mol. The molecule has 0 saturated carbocycles. The summed E-state index contributed by atoms with van der Waals surface area (Å²) in [5.41, 5.74) is -0.669. The molecule has 9 rings (SSSR count). The van der Waals surface area contributed by atoms with Gasteiger partial charge in [0.15, 0.2) is 11.5 Å². The van der Waals surface area contributed by atoms with Gasteiger partial charge in [-0.2, -0.15) is 0 Å². The Morgan fingerprint density at radius 3 is 2.17 bits per heavy atom. The molecule has 10 nitrogen and oxygen atoms in total. The Kier molecular flexibility index (Phi) is 5.81. The lowest BCUT2D eigenvalue weighted by Crippen LogP contribution is -2.59. The maximum atomic E-state index is 15.6. The second-order valence-electron chi connectivity index (χ2n) is 13.2. The molecule has 236 valence electrons. The van der Waals surface area contributed by atoms with Gasteiger partial charge in [0.2, 0.25) is 0 Å². The molecule has 2 spiro atoms. The molecule has 10 heteroatoms. The highest BCUT2D eigenvalue weighted by molar-refractivity contribution is 6.09. The van der Waals surface area contributed by atoms with E-state index in [1.165, 1.54) is 18.2 Å². The van der Waals surface area contributed by atoms with Gasteiger partial charge in [0, 0.05) is 60.5 Å². The third-order valence-corrected chi connectivity index (χ3v) is 11.1. The zero-order chi connectivity index (χ0) is 33.0. The molecule has 5 aromatic carbocycles. The zero-order valence-corrected chi connectivity index (χ0v) is 25.4. The highest BCUT2D eigenvalue weighted by atomic mass is 16.6. The van der Waals surface area contributed by atoms with Gasteiger partial charge in [-0.1, -0.05) is 91.0 Å². The van der Waals surface area contributed by atoms with Crippen LogP contribution >= 0.6 is 0 Å². The van der Waals surface area contributed by atoms with Crippen molar-refractivity contribution >= 4 is 34.0 Å². The molecule has 3 fully saturated rings. The van der Waals surface area contributed by atoms with E-state index in [0.29, 0.717) is 22.3 Å². The summed E-state index contributed by atoms with van der Waals surface area (Å²) in [5, 5.41) is 42.9. The van der Waals surface area contributed by atoms with Crippen molar-refractivity contribution in [3.63, 3.8) is 0 Å². The maximum absolute atomic E-state index is 15.6. The van der Waals surface area contributed by atoms with Crippen LogP contribution < -0.4 is 5.32 Å². The summed E-state index contributed by atoms with van der Waals surface area (Å²) in [6.07, 6.45) is 1.69. The Labute approximate surface area is 274 Å². The van der Waals surface area contributed by atoms with Crippen LogP contribution in [0.1, 0.15) is 39.8 Å². The fraction of sp³-hybridized carbons (Fsp3) is 0.184. The van der Waals surface area contributed by atoms with Crippen molar-refractivity contribution in [2.24, 2.45) is 5.41 Å². The topological polar surface area (TPSA) is 139 Å². The predicted octanol–water partition coefficient (Wildman–Crippen LogP) is 6.11. The number of nitro groups is 2. The second kappa shape index (κ2) is 9.74. The van der Waals surface area contributed by atoms with E-state index in [4.69, 9.17) is 0 Å². The molecule has 5 aromatic rings. The quantitative estimate of drug-likeness (QED) is 0.134. The number of piperidine rings is 1. The summed E-state index contributed by atoms with van der Waals surface area (Å²) in [6, 6.07) is 33.5. The lowest BCUT2D eigenvalue weighted by molar-refractivity contribution is -0.385. The third kappa shape index (κ3) is 3.38. The predicted molar refractivity (Wildman–Crippen MR) is 178 cm³/mol. The van der Waals surface area contributed by atoms with Crippen LogP contribution in [-0.4, -0.2) is 38.7 Å². The highest BCUT2D eigenvalue weighted by Gasteiger charge is 2.85. The molecule has 4 aliphatic rings. The number of non-ortho nitro benzene ring substituents is 2. The van der Waals surface area contributed by atoms with Crippen LogP contribution in [-0.2, 0) is 16.1 Å². The van der Waals surface area contributed by atoms with E-state index in [1.807, 2.05) is 77.7 Å². The Morgan fingerprint density at radius 1 is 0.792 bits per heavy atom. The van der Waals surface area contributed by atoms with Gasteiger partial charge in [0.25, 0.3) is 11.4 Å². The van der Waals surface area contributed by atoms with Gasteiger partial charge in [-0.05, 0) is 39.1 Å². The van der Waals surface area contributed by atoms with E-state index in [-0.39, 0.29) is 30.2 Å². The average Bonchev–Trinajstić information content (AvgIpc) is 3.60. The number of hydrogen-bond acceptors (Lipinski definition) is 8. The van der Waals surface area contributed by atoms with Crippen molar-refractivity contribution < 1.29 is 19.7 Å². The first-order valence-corrected chi connectivity index (χ1v) is 15.8. The number of aliphatic hydroxyl groups is 1. The summed E-state index contributed by atoms with van der Waals surface area (Å²) in [6.45, 7) is 0.286. The molecule has 6 atom stereocenters. The maximum Gasteiger partial charge on any atom is 0.270 e. The monoisotopic (exact) mass is 636 g/mol. The molecule has 48 heavy (non-hydrogen) atoms. The first kappa shape index (κ1) is 28.7. The molecule has 1 aliphatic carbocycles. The minimum absolute atomic E-state index is 0.0887. The number of nitro benzene ring substituents is 2. The summed E-state index contributed by atoms with van der Waals surface area (Å²) >= 11 is 0. The van der Waals surface area contributed by atoms with Crippen LogP contribution in [0.15, 0.2) is 121 Å². The number of hydrogen-bond donors (Lipinski definition) is 2. The molecule has 0 aromatic heterocycles. The molecule has 3 aliphatic heterocycles. The largest absolute Gasteiger partial charge is 0.369 e. The van der Waals surface area contributed by atoms with Crippen molar-refractivity contribution in [3.8, 4) is 0 Å². The second-order valence-corrected chi connectivity index (χ2v) is 13.2. The Balaban J connectivity index is 1.37. The first-order chi connectivity index (χ1) is 23.2. The molecular formula is C38H28N4O6. The number of benzene rings is 5. The molecule has 1 unspecified atom stereocenters. The number of carbonyl (C=O) groups is 1. The van der Waals surface area contributed by atoms with E-state index in [1.54, 1.807) is 30.3 Å². The van der Waals surface area contributed by atoms with Crippen LogP contribution in [0.2, 0.25) is 0 Å². The fourth-order valence-electron chi connectivity index (χ4n) is 9.47. The lowest BCUT2D eigenvalue weighted by atomic mass is 9.57. The van der Waals surface area contributed by atoms with Gasteiger partial charge in [-0.15, -0.1) is 0 Å². The molecule has 3 heterocycles. The van der Waals surface area contributed by atoms with Gasteiger partial charge >= 0.3 is 0 Å². The van der Waals surface area contributed by atoms with Gasteiger partial charge < -0.3 is 5.11 Å². The van der Waals surface area contributed by atoms with Gasteiger partial charge in [-0.25, -0.2) is 0 Å². The first-order valence-electron chi connectivity index (χ1n) is 15.8. The average molecular weight is 637 g/mol. The number of carbonyl (C=O) groups excluding carboxylic acids is 1. The van der Waals surface area contributed by atoms with Crippen molar-refractivity contribution in [1.29, 1.82) is 0 Å². The van der Waals surface area contributed by atoms with Crippen molar-refractivity contribution in [1.82, 2.24) is 10.2 Å². The molecule has 0 amide bonds. The number of fused-ring (bicyclic) bond motifs is 3. The number of nitrogens with one attached hydrogen (secondary N) is 1.